The van der Waals surface area contributed by atoms with Gasteiger partial charge in [-0.25, -0.2) is 4.79 Å². The minimum absolute atomic E-state index is 0.0164. The molecule has 2 unspecified atom stereocenters. The molecule has 3 N–H and O–H groups in total. The average Bonchev–Trinajstić information content (AvgIpc) is 2.15. The minimum atomic E-state index is -1.17. The number of amides is 1. The van der Waals surface area contributed by atoms with Crippen molar-refractivity contribution in [2.45, 2.75) is 25.5 Å². The summed E-state index contributed by atoms with van der Waals surface area (Å²) in [4.78, 5) is 21.8. The van der Waals surface area contributed by atoms with Gasteiger partial charge in [0.15, 0.2) is 0 Å². The van der Waals surface area contributed by atoms with E-state index in [1.165, 1.54) is 14.0 Å². The van der Waals surface area contributed by atoms with Crippen LogP contribution in [0, 0.1) is 0 Å². The highest BCUT2D eigenvalue weighted by molar-refractivity contribution is 5.85. The van der Waals surface area contributed by atoms with E-state index in [0.717, 1.165) is 0 Å². The van der Waals surface area contributed by atoms with Gasteiger partial charge in [-0.3, -0.25) is 4.79 Å². The molecule has 6 heteroatoms. The Hall–Kier alpha value is -1.14. The van der Waals surface area contributed by atoms with Gasteiger partial charge in [0.05, 0.1) is 0 Å². The fourth-order valence-corrected chi connectivity index (χ4v) is 0.783. The van der Waals surface area contributed by atoms with Crippen LogP contribution in [-0.4, -0.2) is 48.0 Å². The first-order chi connectivity index (χ1) is 6.52. The Morgan fingerprint density at radius 2 is 2.07 bits per heavy atom. The number of aliphatic hydroxyl groups is 1. The van der Waals surface area contributed by atoms with Crippen LogP contribution in [0.5, 0.6) is 0 Å². The van der Waals surface area contributed by atoms with Gasteiger partial charge in [0, 0.05) is 20.1 Å². The highest BCUT2D eigenvalue weighted by Gasteiger charge is 2.21. The maximum Gasteiger partial charge on any atom is 0.326 e. The molecular weight excluding hydrogens is 190 g/mol. The predicted molar refractivity (Wildman–Crippen MR) is 47.7 cm³/mol. The van der Waals surface area contributed by atoms with Crippen molar-refractivity contribution in [2.75, 3.05) is 13.7 Å². The van der Waals surface area contributed by atoms with Crippen LogP contribution in [-0.2, 0) is 14.3 Å². The molecule has 0 spiro atoms. The molecule has 0 fully saturated rings. The molecule has 0 aromatic rings. The van der Waals surface area contributed by atoms with E-state index in [1.54, 1.807) is 0 Å². The molecule has 0 bridgehead atoms. The van der Waals surface area contributed by atoms with Gasteiger partial charge < -0.3 is 20.3 Å². The van der Waals surface area contributed by atoms with E-state index in [0.29, 0.717) is 0 Å². The first-order valence-electron chi connectivity index (χ1n) is 4.19. The van der Waals surface area contributed by atoms with Crippen molar-refractivity contribution in [3.63, 3.8) is 0 Å². The Morgan fingerprint density at radius 1 is 1.50 bits per heavy atom. The van der Waals surface area contributed by atoms with Gasteiger partial charge in [-0.05, 0) is 6.92 Å². The second kappa shape index (κ2) is 6.33. The maximum atomic E-state index is 11.2. The topological polar surface area (TPSA) is 95.9 Å². The van der Waals surface area contributed by atoms with Crippen LogP contribution in [0.25, 0.3) is 0 Å². The number of aliphatic carboxylic acids is 1. The Balaban J connectivity index is 4.15. The van der Waals surface area contributed by atoms with E-state index in [2.05, 4.69) is 5.32 Å². The fraction of sp³-hybridized carbons (Fsp3) is 0.750. The third kappa shape index (κ3) is 4.20. The summed E-state index contributed by atoms with van der Waals surface area (Å²) in [5.74, 6) is -1.68. The van der Waals surface area contributed by atoms with Crippen molar-refractivity contribution < 1.29 is 24.5 Å². The van der Waals surface area contributed by atoms with Crippen molar-refractivity contribution in [3.05, 3.63) is 0 Å². The van der Waals surface area contributed by atoms with Crippen molar-refractivity contribution >= 4 is 11.9 Å². The molecule has 0 aliphatic heterocycles. The van der Waals surface area contributed by atoms with Gasteiger partial charge in [-0.2, -0.15) is 0 Å². The van der Waals surface area contributed by atoms with Crippen LogP contribution >= 0.6 is 0 Å². The molecule has 0 aliphatic carbocycles. The third-order valence-corrected chi connectivity index (χ3v) is 1.76. The van der Waals surface area contributed by atoms with E-state index < -0.39 is 24.0 Å². The van der Waals surface area contributed by atoms with Gasteiger partial charge in [-0.1, -0.05) is 0 Å². The summed E-state index contributed by atoms with van der Waals surface area (Å²) in [7, 11) is 1.35. The lowest BCUT2D eigenvalue weighted by molar-refractivity contribution is -0.144. The molecule has 0 aromatic heterocycles. The number of aliphatic hydroxyl groups excluding tert-OH is 1. The number of carboxylic acids is 1. The van der Waals surface area contributed by atoms with E-state index >= 15 is 0 Å². The number of methoxy groups -OCH3 is 1. The van der Waals surface area contributed by atoms with Gasteiger partial charge in [0.1, 0.15) is 12.1 Å². The standard InChI is InChI=1S/C8H15NO5/c1-5(14-2)7(11)9-6(3-4-10)8(12)13/h5-6,10H,3-4H2,1-2H3,(H,9,11)(H,12,13). The lowest BCUT2D eigenvalue weighted by atomic mass is 10.2. The van der Waals surface area contributed by atoms with Crippen molar-refractivity contribution in [2.24, 2.45) is 0 Å². The molecule has 0 heterocycles. The summed E-state index contributed by atoms with van der Waals surface area (Å²) < 4.78 is 4.70. The number of carbonyl (C=O) groups excluding carboxylic acids is 1. The number of ether oxygens (including phenoxy) is 1. The molecule has 0 aliphatic rings. The SMILES string of the molecule is COC(C)C(=O)NC(CCO)C(=O)O. The van der Waals surface area contributed by atoms with E-state index in [-0.39, 0.29) is 13.0 Å². The van der Waals surface area contributed by atoms with Crippen molar-refractivity contribution in [1.82, 2.24) is 5.32 Å². The smallest absolute Gasteiger partial charge is 0.326 e. The quantitative estimate of drug-likeness (QED) is 0.515. The summed E-state index contributed by atoms with van der Waals surface area (Å²) in [6.45, 7) is 1.21. The van der Waals surface area contributed by atoms with Gasteiger partial charge in [-0.15, -0.1) is 0 Å². The molecule has 6 nitrogen and oxygen atoms in total. The molecule has 14 heavy (non-hydrogen) atoms. The molecule has 0 radical (unpaired) electrons. The zero-order chi connectivity index (χ0) is 11.1. The lowest BCUT2D eigenvalue weighted by Gasteiger charge is -2.15. The van der Waals surface area contributed by atoms with E-state index in [4.69, 9.17) is 14.9 Å². The Bertz CT molecular complexity index is 206. The minimum Gasteiger partial charge on any atom is -0.480 e. The van der Waals surface area contributed by atoms with Crippen LogP contribution in [0.4, 0.5) is 0 Å². The highest BCUT2D eigenvalue weighted by Crippen LogP contribution is 1.94. The van der Waals surface area contributed by atoms with Crippen LogP contribution < -0.4 is 5.32 Å². The Morgan fingerprint density at radius 3 is 2.43 bits per heavy atom. The number of hydrogen-bond acceptors (Lipinski definition) is 4. The van der Waals surface area contributed by atoms with Crippen LogP contribution in [0.1, 0.15) is 13.3 Å². The predicted octanol–water partition coefficient (Wildman–Crippen LogP) is -1.03. The van der Waals surface area contributed by atoms with Gasteiger partial charge in [0.2, 0.25) is 5.91 Å². The zero-order valence-corrected chi connectivity index (χ0v) is 8.19. The number of carboxylic acid groups (broad SMARTS) is 1. The number of nitrogens with one attached hydrogen (secondary N) is 1. The largest absolute Gasteiger partial charge is 0.480 e. The molecule has 2 atom stereocenters. The molecule has 0 rings (SSSR count). The molecule has 1 amide bonds. The first-order valence-corrected chi connectivity index (χ1v) is 4.19. The second-order valence-corrected chi connectivity index (χ2v) is 2.79. The Labute approximate surface area is 81.9 Å². The van der Waals surface area contributed by atoms with Gasteiger partial charge >= 0.3 is 5.97 Å². The van der Waals surface area contributed by atoms with Crippen molar-refractivity contribution in [1.29, 1.82) is 0 Å². The summed E-state index contributed by atoms with van der Waals surface area (Å²) >= 11 is 0. The Kier molecular flexibility index (Phi) is 5.82. The average molecular weight is 205 g/mol. The first kappa shape index (κ1) is 12.9. The number of carbonyl (C=O) groups is 2. The molecule has 0 saturated heterocycles. The van der Waals surface area contributed by atoms with E-state index in [9.17, 15) is 9.59 Å². The molecule has 0 saturated carbocycles. The maximum absolute atomic E-state index is 11.2. The normalized spacial score (nSPS) is 14.5. The fourth-order valence-electron chi connectivity index (χ4n) is 0.783. The summed E-state index contributed by atoms with van der Waals surface area (Å²) in [6.07, 6.45) is -0.715. The molecule has 0 aromatic carbocycles. The molecule has 82 valence electrons. The molecular formula is C8H15NO5. The lowest BCUT2D eigenvalue weighted by Crippen LogP contribution is -2.45. The van der Waals surface area contributed by atoms with E-state index in [1.807, 2.05) is 0 Å². The summed E-state index contributed by atoms with van der Waals surface area (Å²) in [5, 5.41) is 19.4. The number of rotatable bonds is 6. The van der Waals surface area contributed by atoms with Crippen LogP contribution in [0.15, 0.2) is 0 Å². The van der Waals surface area contributed by atoms with Crippen LogP contribution in [0.2, 0.25) is 0 Å². The summed E-state index contributed by atoms with van der Waals surface area (Å²) in [6, 6.07) is -1.06. The second-order valence-electron chi connectivity index (χ2n) is 2.79. The zero-order valence-electron chi connectivity index (χ0n) is 8.19. The highest BCUT2D eigenvalue weighted by atomic mass is 16.5. The monoisotopic (exact) mass is 205 g/mol. The summed E-state index contributed by atoms with van der Waals surface area (Å²) in [5.41, 5.74) is 0. The van der Waals surface area contributed by atoms with Gasteiger partial charge in [0.25, 0.3) is 0 Å². The third-order valence-electron chi connectivity index (χ3n) is 1.76. The number of hydrogen-bond donors (Lipinski definition) is 3. The van der Waals surface area contributed by atoms with Crippen molar-refractivity contribution in [3.8, 4) is 0 Å². The van der Waals surface area contributed by atoms with Crippen LogP contribution in [0.3, 0.4) is 0 Å².